The van der Waals surface area contributed by atoms with Crippen molar-refractivity contribution >= 4 is 11.6 Å². The average molecular weight is 531 g/mol. The van der Waals surface area contributed by atoms with Crippen molar-refractivity contribution in [2.75, 3.05) is 46.6 Å². The number of ether oxygens (including phenoxy) is 4. The fourth-order valence-corrected chi connectivity index (χ4v) is 4.95. The molecule has 2 atom stereocenters. The van der Waals surface area contributed by atoms with Crippen molar-refractivity contribution in [2.45, 2.75) is 24.9 Å². The largest absolute Gasteiger partial charge is 0.497 e. The molecule has 0 spiro atoms. The van der Waals surface area contributed by atoms with Crippen molar-refractivity contribution in [2.24, 2.45) is 4.99 Å². The van der Waals surface area contributed by atoms with E-state index < -0.39 is 6.10 Å². The first-order chi connectivity index (χ1) is 19.1. The third kappa shape index (κ3) is 6.96. The molecule has 1 N–H and O–H groups in total. The Balaban J connectivity index is 1.28. The van der Waals surface area contributed by atoms with Crippen LogP contribution in [0.5, 0.6) is 23.0 Å². The summed E-state index contributed by atoms with van der Waals surface area (Å²) in [5.41, 5.74) is 2.33. The van der Waals surface area contributed by atoms with Crippen LogP contribution in [0.3, 0.4) is 0 Å². The maximum atomic E-state index is 12.9. The summed E-state index contributed by atoms with van der Waals surface area (Å²) in [4.78, 5) is 19.6. The Morgan fingerprint density at radius 3 is 2.54 bits per heavy atom. The highest BCUT2D eigenvalue weighted by molar-refractivity contribution is 6.00. The Bertz CT molecular complexity index is 1280. The summed E-state index contributed by atoms with van der Waals surface area (Å²) in [7, 11) is 1.60. The maximum Gasteiger partial charge on any atom is 0.249 e. The topological polar surface area (TPSA) is 89.8 Å². The standard InChI is InChI=1S/C31H34N2O6/c1-36-25-8-10-26(11-9-25)37-16-14-30(34)32-27(21-33-15-13-24(20-33)22-5-3-2-4-6-22)31(35)23-7-12-28-29(19-23)39-18-17-38-28/h2-12,19,24,31,35H,13-18,20-21H2,1H3/t24-,31+/m0/s1. The van der Waals surface area contributed by atoms with Crippen molar-refractivity contribution in [3.05, 3.63) is 83.9 Å². The van der Waals surface area contributed by atoms with Crippen molar-refractivity contribution in [1.29, 1.82) is 0 Å². The Morgan fingerprint density at radius 2 is 1.77 bits per heavy atom. The Labute approximate surface area is 228 Å². The summed E-state index contributed by atoms with van der Waals surface area (Å²) in [6, 6.07) is 23.0. The monoisotopic (exact) mass is 530 g/mol. The van der Waals surface area contributed by atoms with Gasteiger partial charge in [-0.2, -0.15) is 0 Å². The van der Waals surface area contributed by atoms with E-state index >= 15 is 0 Å². The lowest BCUT2D eigenvalue weighted by Gasteiger charge is -2.23. The van der Waals surface area contributed by atoms with Gasteiger partial charge in [-0.05, 0) is 66.4 Å². The molecule has 204 valence electrons. The number of hydrogen-bond acceptors (Lipinski definition) is 7. The van der Waals surface area contributed by atoms with E-state index in [4.69, 9.17) is 18.9 Å². The number of aliphatic hydroxyl groups excluding tert-OH is 1. The molecule has 39 heavy (non-hydrogen) atoms. The SMILES string of the molecule is COc1ccc(OCCC(=O)N=C(CN2CC[C@H](c3ccccc3)C2)[C@H](O)c2ccc3c(c2)OCCO3)cc1. The molecule has 1 amide bonds. The predicted molar refractivity (Wildman–Crippen MR) is 148 cm³/mol. The highest BCUT2D eigenvalue weighted by Crippen LogP contribution is 2.34. The summed E-state index contributed by atoms with van der Waals surface area (Å²) in [5, 5.41) is 11.4. The summed E-state index contributed by atoms with van der Waals surface area (Å²) >= 11 is 0. The zero-order valence-electron chi connectivity index (χ0n) is 22.1. The third-order valence-electron chi connectivity index (χ3n) is 7.04. The third-order valence-corrected chi connectivity index (χ3v) is 7.04. The van der Waals surface area contributed by atoms with Gasteiger partial charge in [-0.1, -0.05) is 36.4 Å². The smallest absolute Gasteiger partial charge is 0.249 e. The van der Waals surface area contributed by atoms with E-state index in [1.807, 2.05) is 6.07 Å². The number of aliphatic imine (C=N–C) groups is 1. The molecule has 0 radical (unpaired) electrons. The molecule has 2 aliphatic heterocycles. The van der Waals surface area contributed by atoms with Gasteiger partial charge in [-0.15, -0.1) is 0 Å². The van der Waals surface area contributed by atoms with Crippen LogP contribution in [0.1, 0.15) is 36.0 Å². The first kappa shape index (κ1) is 26.7. The van der Waals surface area contributed by atoms with Crippen molar-refractivity contribution < 1.29 is 28.8 Å². The molecule has 0 aromatic heterocycles. The number of benzene rings is 3. The minimum atomic E-state index is -1.05. The number of fused-ring (bicyclic) bond motifs is 1. The molecular weight excluding hydrogens is 496 g/mol. The second kappa shape index (κ2) is 12.8. The molecule has 1 saturated heterocycles. The second-order valence-electron chi connectivity index (χ2n) is 9.71. The van der Waals surface area contributed by atoms with Crippen LogP contribution in [-0.4, -0.2) is 68.2 Å². The van der Waals surface area contributed by atoms with E-state index in [-0.39, 0.29) is 18.9 Å². The minimum Gasteiger partial charge on any atom is -0.497 e. The normalized spacial score (nSPS) is 18.0. The fraction of sp³-hybridized carbons (Fsp3) is 0.355. The molecule has 8 nitrogen and oxygen atoms in total. The number of aliphatic hydroxyl groups is 1. The van der Waals surface area contributed by atoms with Gasteiger partial charge >= 0.3 is 0 Å². The van der Waals surface area contributed by atoms with Gasteiger partial charge in [-0.3, -0.25) is 9.69 Å². The van der Waals surface area contributed by atoms with E-state index in [2.05, 4.69) is 34.2 Å². The molecule has 0 aliphatic carbocycles. The van der Waals surface area contributed by atoms with Gasteiger partial charge in [0, 0.05) is 13.1 Å². The van der Waals surface area contributed by atoms with Gasteiger partial charge in [-0.25, -0.2) is 4.99 Å². The van der Waals surface area contributed by atoms with E-state index in [0.29, 0.717) is 54.2 Å². The maximum absolute atomic E-state index is 12.9. The molecule has 5 rings (SSSR count). The first-order valence-corrected chi connectivity index (χ1v) is 13.3. The number of hydrogen-bond donors (Lipinski definition) is 1. The zero-order chi connectivity index (χ0) is 27.0. The highest BCUT2D eigenvalue weighted by atomic mass is 16.6. The lowest BCUT2D eigenvalue weighted by atomic mass is 9.99. The molecule has 8 heteroatoms. The molecule has 3 aromatic carbocycles. The first-order valence-electron chi connectivity index (χ1n) is 13.3. The number of carbonyl (C=O) groups is 1. The molecule has 2 aliphatic rings. The molecule has 2 heterocycles. The Morgan fingerprint density at radius 1 is 1.03 bits per heavy atom. The van der Waals surface area contributed by atoms with Crippen LogP contribution >= 0.6 is 0 Å². The summed E-state index contributed by atoms with van der Waals surface area (Å²) in [5.74, 6) is 2.68. The van der Waals surface area contributed by atoms with Crippen LogP contribution in [0.4, 0.5) is 0 Å². The van der Waals surface area contributed by atoms with Crippen LogP contribution in [0.15, 0.2) is 77.8 Å². The molecular formula is C31H34N2O6. The van der Waals surface area contributed by atoms with Gasteiger partial charge < -0.3 is 24.1 Å². The van der Waals surface area contributed by atoms with Gasteiger partial charge in [0.2, 0.25) is 5.91 Å². The van der Waals surface area contributed by atoms with Crippen molar-refractivity contribution in [3.63, 3.8) is 0 Å². The van der Waals surface area contributed by atoms with Crippen molar-refractivity contribution in [1.82, 2.24) is 4.90 Å². The lowest BCUT2D eigenvalue weighted by Crippen LogP contribution is -2.32. The van der Waals surface area contributed by atoms with Crippen molar-refractivity contribution in [3.8, 4) is 23.0 Å². The number of likely N-dealkylation sites (tertiary alicyclic amines) is 1. The highest BCUT2D eigenvalue weighted by Gasteiger charge is 2.28. The molecule has 0 saturated carbocycles. The van der Waals surface area contributed by atoms with Gasteiger partial charge in [0.25, 0.3) is 0 Å². The number of methoxy groups -OCH3 is 1. The van der Waals surface area contributed by atoms with Crippen LogP contribution in [-0.2, 0) is 4.79 Å². The van der Waals surface area contributed by atoms with Crippen LogP contribution in [0.2, 0.25) is 0 Å². The lowest BCUT2D eigenvalue weighted by molar-refractivity contribution is -0.118. The van der Waals surface area contributed by atoms with Crippen LogP contribution in [0, 0.1) is 0 Å². The average Bonchev–Trinajstić information content (AvgIpc) is 3.45. The quantitative estimate of drug-likeness (QED) is 0.388. The fourth-order valence-electron chi connectivity index (χ4n) is 4.95. The van der Waals surface area contributed by atoms with Gasteiger partial charge in [0.05, 0.1) is 25.8 Å². The molecule has 0 unspecified atom stereocenters. The number of rotatable bonds is 10. The summed E-state index contributed by atoms with van der Waals surface area (Å²) in [6.45, 7) is 3.22. The number of amides is 1. The van der Waals surface area contributed by atoms with E-state index in [9.17, 15) is 9.90 Å². The van der Waals surface area contributed by atoms with E-state index in [0.717, 1.165) is 25.3 Å². The summed E-state index contributed by atoms with van der Waals surface area (Å²) < 4.78 is 22.2. The van der Waals surface area contributed by atoms with Gasteiger partial charge in [0.15, 0.2) is 11.5 Å². The van der Waals surface area contributed by atoms with Gasteiger partial charge in [0.1, 0.15) is 30.8 Å². The Kier molecular flexibility index (Phi) is 8.75. The predicted octanol–water partition coefficient (Wildman–Crippen LogP) is 4.43. The molecule has 0 bridgehead atoms. The number of carbonyl (C=O) groups excluding carboxylic acids is 1. The molecule has 1 fully saturated rings. The van der Waals surface area contributed by atoms with Crippen LogP contribution in [0.25, 0.3) is 0 Å². The minimum absolute atomic E-state index is 0.0933. The molecule has 3 aromatic rings. The summed E-state index contributed by atoms with van der Waals surface area (Å²) in [6.07, 6.45) is 0.0555. The zero-order valence-corrected chi connectivity index (χ0v) is 22.1. The van der Waals surface area contributed by atoms with E-state index in [1.165, 1.54) is 5.56 Å². The van der Waals surface area contributed by atoms with E-state index in [1.54, 1.807) is 49.6 Å². The Hall–Kier alpha value is -3.88. The number of nitrogens with zero attached hydrogens (tertiary/aromatic N) is 2. The second-order valence-corrected chi connectivity index (χ2v) is 9.71. The van der Waals surface area contributed by atoms with Crippen LogP contribution < -0.4 is 18.9 Å².